The van der Waals surface area contributed by atoms with E-state index in [9.17, 15) is 4.79 Å². The van der Waals surface area contributed by atoms with Crippen molar-refractivity contribution in [1.29, 1.82) is 0 Å². The highest BCUT2D eigenvalue weighted by Gasteiger charge is 2.12. The van der Waals surface area contributed by atoms with Crippen molar-refractivity contribution in [2.45, 2.75) is 38.6 Å². The molecule has 1 atom stereocenters. The average molecular weight is 188 g/mol. The largest absolute Gasteiger partial charge is 0.465 e. The van der Waals surface area contributed by atoms with Crippen LogP contribution in [0.15, 0.2) is 0 Å². The predicted octanol–water partition coefficient (Wildman–Crippen LogP) is 0.396. The van der Waals surface area contributed by atoms with Crippen LogP contribution in [0.3, 0.4) is 0 Å². The molecule has 0 aliphatic carbocycles. The maximum atomic E-state index is 11.1. The van der Waals surface area contributed by atoms with Gasteiger partial charge < -0.3 is 16.2 Å². The van der Waals surface area contributed by atoms with Crippen LogP contribution in [0.25, 0.3) is 0 Å². The van der Waals surface area contributed by atoms with Gasteiger partial charge in [0.2, 0.25) is 0 Å². The predicted molar refractivity (Wildman–Crippen MR) is 52.1 cm³/mol. The number of hydrogen-bond donors (Lipinski definition) is 2. The normalized spacial score (nSPS) is 12.5. The molecule has 0 radical (unpaired) electrons. The van der Waals surface area contributed by atoms with E-state index in [1.165, 1.54) is 0 Å². The molecule has 0 aromatic heterocycles. The summed E-state index contributed by atoms with van der Waals surface area (Å²) in [5, 5.41) is 0. The quantitative estimate of drug-likeness (QED) is 0.447. The Balaban J connectivity index is 3.38. The lowest BCUT2D eigenvalue weighted by molar-refractivity contribution is -0.145. The van der Waals surface area contributed by atoms with Gasteiger partial charge in [-0.25, -0.2) is 0 Å². The Labute approximate surface area is 79.6 Å². The first-order chi connectivity index (χ1) is 6.22. The number of rotatable bonds is 7. The first kappa shape index (κ1) is 12.4. The second-order valence-electron chi connectivity index (χ2n) is 3.06. The van der Waals surface area contributed by atoms with Gasteiger partial charge in [0.15, 0.2) is 0 Å². The van der Waals surface area contributed by atoms with Crippen LogP contribution >= 0.6 is 0 Å². The fraction of sp³-hybridized carbons (Fsp3) is 0.889. The molecule has 0 saturated heterocycles. The molecule has 4 N–H and O–H groups in total. The van der Waals surface area contributed by atoms with E-state index in [1.54, 1.807) is 0 Å². The van der Waals surface area contributed by atoms with E-state index in [2.05, 4.69) is 6.92 Å². The number of esters is 1. The second kappa shape index (κ2) is 8.01. The van der Waals surface area contributed by atoms with Gasteiger partial charge in [0.05, 0.1) is 6.61 Å². The van der Waals surface area contributed by atoms with Crippen LogP contribution < -0.4 is 11.5 Å². The minimum Gasteiger partial charge on any atom is -0.465 e. The van der Waals surface area contributed by atoms with Gasteiger partial charge in [-0.15, -0.1) is 0 Å². The summed E-state index contributed by atoms with van der Waals surface area (Å²) in [5.41, 5.74) is 10.7. The number of carbonyl (C=O) groups is 1. The molecule has 4 heteroatoms. The van der Waals surface area contributed by atoms with Crippen molar-refractivity contribution < 1.29 is 9.53 Å². The van der Waals surface area contributed by atoms with Crippen LogP contribution in [-0.2, 0) is 9.53 Å². The molecule has 0 aromatic carbocycles. The van der Waals surface area contributed by atoms with Gasteiger partial charge in [0.1, 0.15) is 6.04 Å². The maximum absolute atomic E-state index is 11.1. The molecule has 0 saturated carbocycles. The van der Waals surface area contributed by atoms with Gasteiger partial charge in [0, 0.05) is 0 Å². The van der Waals surface area contributed by atoms with Gasteiger partial charge in [-0.2, -0.15) is 0 Å². The van der Waals surface area contributed by atoms with E-state index in [0.717, 1.165) is 19.3 Å². The molecule has 78 valence electrons. The van der Waals surface area contributed by atoms with E-state index in [1.807, 2.05) is 0 Å². The van der Waals surface area contributed by atoms with Crippen molar-refractivity contribution in [2.24, 2.45) is 11.5 Å². The molecule has 13 heavy (non-hydrogen) atoms. The Morgan fingerprint density at radius 1 is 1.46 bits per heavy atom. The Kier molecular flexibility index (Phi) is 7.63. The van der Waals surface area contributed by atoms with Gasteiger partial charge in [0.25, 0.3) is 0 Å². The highest BCUT2D eigenvalue weighted by atomic mass is 16.5. The molecule has 0 aromatic rings. The number of unbranched alkanes of at least 4 members (excludes halogenated alkanes) is 2. The fourth-order valence-corrected chi connectivity index (χ4v) is 0.929. The zero-order valence-electron chi connectivity index (χ0n) is 8.29. The fourth-order valence-electron chi connectivity index (χ4n) is 0.929. The van der Waals surface area contributed by atoms with E-state index in [4.69, 9.17) is 16.2 Å². The average Bonchev–Trinajstić information content (AvgIpc) is 2.12. The van der Waals surface area contributed by atoms with Gasteiger partial charge in [-0.05, 0) is 19.4 Å². The van der Waals surface area contributed by atoms with Crippen molar-refractivity contribution in [1.82, 2.24) is 0 Å². The molecule has 0 heterocycles. The van der Waals surface area contributed by atoms with Crippen LogP contribution in [0.5, 0.6) is 0 Å². The Morgan fingerprint density at radius 3 is 2.69 bits per heavy atom. The van der Waals surface area contributed by atoms with Gasteiger partial charge in [-0.1, -0.05) is 19.8 Å². The highest BCUT2D eigenvalue weighted by Crippen LogP contribution is 1.96. The smallest absolute Gasteiger partial charge is 0.322 e. The number of nitrogens with two attached hydrogens (primary N) is 2. The molecule has 0 aliphatic rings. The summed E-state index contributed by atoms with van der Waals surface area (Å²) in [5.74, 6) is -0.332. The number of ether oxygens (including phenoxy) is 1. The minimum atomic E-state index is -0.549. The zero-order valence-corrected chi connectivity index (χ0v) is 8.29. The van der Waals surface area contributed by atoms with Crippen LogP contribution in [-0.4, -0.2) is 25.2 Å². The lowest BCUT2D eigenvalue weighted by Crippen LogP contribution is -2.34. The molecule has 0 amide bonds. The third-order valence-electron chi connectivity index (χ3n) is 1.77. The molecule has 0 rings (SSSR count). The Hall–Kier alpha value is -0.610. The number of carbonyl (C=O) groups excluding carboxylic acids is 1. The van der Waals surface area contributed by atoms with Crippen molar-refractivity contribution >= 4 is 5.97 Å². The zero-order chi connectivity index (χ0) is 10.1. The summed E-state index contributed by atoms with van der Waals surface area (Å²) in [6.45, 7) is 3.00. The van der Waals surface area contributed by atoms with Gasteiger partial charge in [-0.3, -0.25) is 4.79 Å². The van der Waals surface area contributed by atoms with Crippen molar-refractivity contribution in [3.63, 3.8) is 0 Å². The highest BCUT2D eigenvalue weighted by molar-refractivity contribution is 5.75. The maximum Gasteiger partial charge on any atom is 0.322 e. The van der Waals surface area contributed by atoms with E-state index in [0.29, 0.717) is 19.6 Å². The first-order valence-corrected chi connectivity index (χ1v) is 4.84. The summed E-state index contributed by atoms with van der Waals surface area (Å²) in [6, 6.07) is -0.549. The summed E-state index contributed by atoms with van der Waals surface area (Å²) in [6.07, 6.45) is 3.61. The molecule has 1 unspecified atom stereocenters. The summed E-state index contributed by atoms with van der Waals surface area (Å²) >= 11 is 0. The molecule has 0 spiro atoms. The molecule has 0 aliphatic heterocycles. The van der Waals surface area contributed by atoms with E-state index in [-0.39, 0.29) is 5.97 Å². The molecule has 0 bridgehead atoms. The molecular weight excluding hydrogens is 168 g/mol. The number of hydrogen-bond acceptors (Lipinski definition) is 4. The second-order valence-corrected chi connectivity index (χ2v) is 3.06. The van der Waals surface area contributed by atoms with E-state index < -0.39 is 6.04 Å². The summed E-state index contributed by atoms with van der Waals surface area (Å²) in [7, 11) is 0. The van der Waals surface area contributed by atoms with Crippen LogP contribution in [0, 0.1) is 0 Å². The lowest BCUT2D eigenvalue weighted by atomic mass is 10.2. The molecule has 0 fully saturated rings. The first-order valence-electron chi connectivity index (χ1n) is 4.84. The Morgan fingerprint density at radius 2 is 2.15 bits per heavy atom. The third-order valence-corrected chi connectivity index (χ3v) is 1.77. The van der Waals surface area contributed by atoms with Crippen molar-refractivity contribution in [3.05, 3.63) is 0 Å². The topological polar surface area (TPSA) is 78.3 Å². The summed E-state index contributed by atoms with van der Waals surface area (Å²) < 4.78 is 4.94. The summed E-state index contributed by atoms with van der Waals surface area (Å²) in [4.78, 5) is 11.1. The molecular formula is C9H20N2O2. The SMILES string of the molecule is CCCCCOC(=O)C(N)CCN. The molecule has 4 nitrogen and oxygen atoms in total. The van der Waals surface area contributed by atoms with Gasteiger partial charge >= 0.3 is 5.97 Å². The monoisotopic (exact) mass is 188 g/mol. The van der Waals surface area contributed by atoms with Crippen LogP contribution in [0.4, 0.5) is 0 Å². The third kappa shape index (κ3) is 6.54. The van der Waals surface area contributed by atoms with E-state index >= 15 is 0 Å². The standard InChI is InChI=1S/C9H20N2O2/c1-2-3-4-7-13-9(12)8(11)5-6-10/h8H,2-7,10-11H2,1H3. The van der Waals surface area contributed by atoms with Crippen molar-refractivity contribution in [2.75, 3.05) is 13.2 Å². The van der Waals surface area contributed by atoms with Crippen LogP contribution in [0.2, 0.25) is 0 Å². The van der Waals surface area contributed by atoms with Crippen molar-refractivity contribution in [3.8, 4) is 0 Å². The lowest BCUT2D eigenvalue weighted by Gasteiger charge is -2.09. The van der Waals surface area contributed by atoms with Crippen LogP contribution in [0.1, 0.15) is 32.6 Å². The minimum absolute atomic E-state index is 0.332. The Bertz CT molecular complexity index is 140.